The predicted molar refractivity (Wildman–Crippen MR) is 30.8 cm³/mol. The van der Waals surface area contributed by atoms with Crippen molar-refractivity contribution >= 4 is 0 Å². The lowest BCUT2D eigenvalue weighted by Crippen LogP contribution is -2.10. The van der Waals surface area contributed by atoms with Gasteiger partial charge in [-0.2, -0.15) is 0 Å². The molecule has 0 spiro atoms. The Labute approximate surface area is 49.7 Å². The molecule has 49 valence electrons. The number of rotatable bonds is 5. The molecule has 0 rings (SSSR count). The van der Waals surface area contributed by atoms with E-state index in [0.717, 1.165) is 6.54 Å². The van der Waals surface area contributed by atoms with Crippen molar-refractivity contribution in [1.82, 2.24) is 5.32 Å². The lowest BCUT2D eigenvalue weighted by atomic mass is 10.7. The van der Waals surface area contributed by atoms with E-state index in [1.54, 1.807) is 7.05 Å². The number of aliphatic hydroxyl groups excluding tert-OH is 1. The smallest absolute Gasteiger partial charge is 0.0698 e. The standard InChI is InChI=1S/C5H12NO2/c1-6-2-4-8-5-3-7/h7H,2-5H2,1H3. The molecule has 0 amide bonds. The minimum absolute atomic E-state index is 0.101. The summed E-state index contributed by atoms with van der Waals surface area (Å²) >= 11 is 0. The van der Waals surface area contributed by atoms with E-state index in [1.807, 2.05) is 0 Å². The number of likely N-dealkylation sites (N-methyl/N-ethyl adjacent to an activating group) is 1. The van der Waals surface area contributed by atoms with E-state index in [2.05, 4.69) is 5.32 Å². The van der Waals surface area contributed by atoms with Crippen LogP contribution in [0.2, 0.25) is 0 Å². The van der Waals surface area contributed by atoms with Crippen molar-refractivity contribution in [3.05, 3.63) is 0 Å². The van der Waals surface area contributed by atoms with Crippen LogP contribution in [-0.2, 0) is 4.74 Å². The molecule has 8 heavy (non-hydrogen) atoms. The molecule has 0 unspecified atom stereocenters. The number of ether oxygens (including phenoxy) is 1. The first kappa shape index (κ1) is 7.88. The maximum absolute atomic E-state index is 8.21. The van der Waals surface area contributed by atoms with Gasteiger partial charge in [-0.25, -0.2) is 5.32 Å². The van der Waals surface area contributed by atoms with Crippen LogP contribution in [0.25, 0.3) is 0 Å². The third-order valence-corrected chi connectivity index (χ3v) is 0.695. The van der Waals surface area contributed by atoms with Crippen LogP contribution in [0.15, 0.2) is 0 Å². The molecule has 3 nitrogen and oxygen atoms in total. The Morgan fingerprint density at radius 1 is 1.50 bits per heavy atom. The summed E-state index contributed by atoms with van der Waals surface area (Å²) in [6.45, 7) is 1.87. The van der Waals surface area contributed by atoms with E-state index in [1.165, 1.54) is 0 Å². The zero-order valence-electron chi connectivity index (χ0n) is 5.13. The van der Waals surface area contributed by atoms with Crippen LogP contribution in [0, 0.1) is 0 Å². The van der Waals surface area contributed by atoms with Gasteiger partial charge < -0.3 is 9.84 Å². The number of hydrogen-bond donors (Lipinski definition) is 1. The van der Waals surface area contributed by atoms with E-state index in [0.29, 0.717) is 13.2 Å². The molecule has 0 saturated carbocycles. The summed E-state index contributed by atoms with van der Waals surface area (Å²) in [5.74, 6) is 0. The zero-order valence-corrected chi connectivity index (χ0v) is 5.13. The molecule has 0 aromatic rings. The molecule has 0 aliphatic carbocycles. The first-order chi connectivity index (χ1) is 3.91. The van der Waals surface area contributed by atoms with Crippen LogP contribution in [0.3, 0.4) is 0 Å². The van der Waals surface area contributed by atoms with Gasteiger partial charge in [0.15, 0.2) is 0 Å². The quantitative estimate of drug-likeness (QED) is 0.482. The fourth-order valence-corrected chi connectivity index (χ4v) is 0.322. The van der Waals surface area contributed by atoms with Crippen LogP contribution < -0.4 is 5.32 Å². The van der Waals surface area contributed by atoms with Crippen molar-refractivity contribution in [2.75, 3.05) is 33.4 Å². The van der Waals surface area contributed by atoms with Crippen molar-refractivity contribution in [2.45, 2.75) is 0 Å². The maximum atomic E-state index is 8.21. The molecule has 0 aromatic carbocycles. The van der Waals surface area contributed by atoms with E-state index >= 15 is 0 Å². The van der Waals surface area contributed by atoms with Gasteiger partial charge in [-0.15, -0.1) is 0 Å². The monoisotopic (exact) mass is 118 g/mol. The van der Waals surface area contributed by atoms with Gasteiger partial charge in [0.05, 0.1) is 19.8 Å². The fourth-order valence-electron chi connectivity index (χ4n) is 0.322. The highest BCUT2D eigenvalue weighted by Crippen LogP contribution is 1.69. The van der Waals surface area contributed by atoms with Gasteiger partial charge in [0, 0.05) is 13.6 Å². The van der Waals surface area contributed by atoms with Crippen LogP contribution in [0.4, 0.5) is 0 Å². The van der Waals surface area contributed by atoms with Gasteiger partial charge in [-0.1, -0.05) is 0 Å². The fraction of sp³-hybridized carbons (Fsp3) is 1.00. The topological polar surface area (TPSA) is 43.6 Å². The average Bonchev–Trinajstić information content (AvgIpc) is 1.81. The molecule has 0 atom stereocenters. The molecular formula is C5H12NO2. The summed E-state index contributed by atoms with van der Waals surface area (Å²) in [6.07, 6.45) is 0. The summed E-state index contributed by atoms with van der Waals surface area (Å²) in [6, 6.07) is 0. The first-order valence-electron chi connectivity index (χ1n) is 2.66. The van der Waals surface area contributed by atoms with Crippen molar-refractivity contribution in [3.63, 3.8) is 0 Å². The minimum atomic E-state index is 0.101. The molecule has 1 N–H and O–H groups in total. The third-order valence-electron chi connectivity index (χ3n) is 0.695. The maximum Gasteiger partial charge on any atom is 0.0698 e. The highest BCUT2D eigenvalue weighted by molar-refractivity contribution is 4.33. The minimum Gasteiger partial charge on any atom is -0.394 e. The Kier molecular flexibility index (Phi) is 6.78. The molecule has 0 heterocycles. The second-order valence-corrected chi connectivity index (χ2v) is 1.38. The third kappa shape index (κ3) is 5.88. The van der Waals surface area contributed by atoms with Gasteiger partial charge in [0.25, 0.3) is 0 Å². The van der Waals surface area contributed by atoms with Crippen molar-refractivity contribution in [2.24, 2.45) is 0 Å². The van der Waals surface area contributed by atoms with Gasteiger partial charge in [0.2, 0.25) is 0 Å². The largest absolute Gasteiger partial charge is 0.394 e. The average molecular weight is 118 g/mol. The van der Waals surface area contributed by atoms with Crippen LogP contribution in [0.5, 0.6) is 0 Å². The molecule has 0 aliphatic rings. The van der Waals surface area contributed by atoms with Crippen LogP contribution >= 0.6 is 0 Å². The summed E-state index contributed by atoms with van der Waals surface area (Å²) < 4.78 is 4.88. The summed E-state index contributed by atoms with van der Waals surface area (Å²) in [5.41, 5.74) is 0. The van der Waals surface area contributed by atoms with Crippen molar-refractivity contribution < 1.29 is 9.84 Å². The zero-order chi connectivity index (χ0) is 6.24. The molecule has 3 heteroatoms. The molecule has 0 fully saturated rings. The Morgan fingerprint density at radius 3 is 2.75 bits per heavy atom. The van der Waals surface area contributed by atoms with E-state index in [4.69, 9.17) is 9.84 Å². The Morgan fingerprint density at radius 2 is 2.25 bits per heavy atom. The molecule has 0 bridgehead atoms. The normalized spacial score (nSPS) is 9.75. The van der Waals surface area contributed by atoms with Gasteiger partial charge in [-0.05, 0) is 0 Å². The second kappa shape index (κ2) is 6.88. The SMILES string of the molecule is C[N]CCOCCO. The Bertz CT molecular complexity index is 35.4. The lowest BCUT2D eigenvalue weighted by Gasteiger charge is -1.97. The Balaban J connectivity index is 2.53. The molecule has 0 saturated heterocycles. The van der Waals surface area contributed by atoms with Crippen LogP contribution in [-0.4, -0.2) is 38.5 Å². The molecule has 0 aromatic heterocycles. The first-order valence-corrected chi connectivity index (χ1v) is 2.66. The second-order valence-electron chi connectivity index (χ2n) is 1.38. The van der Waals surface area contributed by atoms with E-state index in [-0.39, 0.29) is 6.61 Å². The van der Waals surface area contributed by atoms with Gasteiger partial charge in [-0.3, -0.25) is 0 Å². The lowest BCUT2D eigenvalue weighted by molar-refractivity contribution is 0.0944. The number of aliphatic hydroxyl groups is 1. The van der Waals surface area contributed by atoms with Crippen molar-refractivity contribution in [1.29, 1.82) is 0 Å². The van der Waals surface area contributed by atoms with Crippen LogP contribution in [0.1, 0.15) is 0 Å². The summed E-state index contributed by atoms with van der Waals surface area (Å²) in [5, 5.41) is 12.0. The van der Waals surface area contributed by atoms with E-state index in [9.17, 15) is 0 Å². The molecular weight excluding hydrogens is 106 g/mol. The highest BCUT2D eigenvalue weighted by atomic mass is 16.5. The molecule has 1 radical (unpaired) electrons. The van der Waals surface area contributed by atoms with Gasteiger partial charge >= 0.3 is 0 Å². The molecule has 0 aliphatic heterocycles. The van der Waals surface area contributed by atoms with E-state index < -0.39 is 0 Å². The Hall–Kier alpha value is -0.120. The summed E-state index contributed by atoms with van der Waals surface area (Å²) in [4.78, 5) is 0. The summed E-state index contributed by atoms with van der Waals surface area (Å²) in [7, 11) is 1.74. The van der Waals surface area contributed by atoms with Gasteiger partial charge in [0.1, 0.15) is 0 Å². The highest BCUT2D eigenvalue weighted by Gasteiger charge is 1.82. The predicted octanol–water partition coefficient (Wildman–Crippen LogP) is -0.770. The number of nitrogens with zero attached hydrogens (tertiary/aromatic N) is 1. The number of hydrogen-bond acceptors (Lipinski definition) is 2. The van der Waals surface area contributed by atoms with Crippen molar-refractivity contribution in [3.8, 4) is 0 Å².